The van der Waals surface area contributed by atoms with Crippen LogP contribution in [0.15, 0.2) is 18.2 Å². The second-order valence-corrected chi connectivity index (χ2v) is 8.51. The molecule has 1 aromatic carbocycles. The van der Waals surface area contributed by atoms with Crippen molar-refractivity contribution in [1.29, 1.82) is 0 Å². The van der Waals surface area contributed by atoms with E-state index in [4.69, 9.17) is 23.2 Å². The molecular formula is C14H19Cl2N3O3S. The number of benzene rings is 1. The van der Waals surface area contributed by atoms with Crippen molar-refractivity contribution in [1.82, 2.24) is 8.61 Å². The van der Waals surface area contributed by atoms with Gasteiger partial charge in [-0.15, -0.1) is 0 Å². The van der Waals surface area contributed by atoms with Crippen molar-refractivity contribution in [2.24, 2.45) is 5.92 Å². The largest absolute Gasteiger partial charge is 0.324 e. The maximum absolute atomic E-state index is 12.4. The molecule has 0 bridgehead atoms. The molecule has 1 fully saturated rings. The highest BCUT2D eigenvalue weighted by molar-refractivity contribution is 7.86. The Kier molecular flexibility index (Phi) is 5.91. The van der Waals surface area contributed by atoms with Crippen molar-refractivity contribution in [2.45, 2.75) is 12.8 Å². The Hall–Kier alpha value is -0.860. The number of rotatable bonds is 4. The molecule has 1 aromatic rings. The van der Waals surface area contributed by atoms with Crippen LogP contribution in [0.1, 0.15) is 12.8 Å². The Labute approximate surface area is 146 Å². The van der Waals surface area contributed by atoms with Crippen LogP contribution in [0.5, 0.6) is 0 Å². The first kappa shape index (κ1) is 18.5. The average molecular weight is 380 g/mol. The third kappa shape index (κ3) is 4.16. The van der Waals surface area contributed by atoms with Crippen LogP contribution in [0.2, 0.25) is 10.0 Å². The van der Waals surface area contributed by atoms with Gasteiger partial charge >= 0.3 is 0 Å². The number of hydrogen-bond acceptors (Lipinski definition) is 3. The Morgan fingerprint density at radius 1 is 1.35 bits per heavy atom. The third-order valence-electron chi connectivity index (χ3n) is 3.75. The minimum absolute atomic E-state index is 0.157. The number of anilines is 1. The topological polar surface area (TPSA) is 69.7 Å². The minimum Gasteiger partial charge on any atom is -0.324 e. The summed E-state index contributed by atoms with van der Waals surface area (Å²) >= 11 is 12.0. The molecule has 2 rings (SSSR count). The van der Waals surface area contributed by atoms with Crippen LogP contribution in [0.3, 0.4) is 0 Å². The van der Waals surface area contributed by atoms with Crippen molar-refractivity contribution in [3.8, 4) is 0 Å². The minimum atomic E-state index is -3.51. The summed E-state index contributed by atoms with van der Waals surface area (Å²) in [5.74, 6) is -0.679. The molecule has 1 N–H and O–H groups in total. The lowest BCUT2D eigenvalue weighted by atomic mass is 9.99. The van der Waals surface area contributed by atoms with Crippen LogP contribution in [0.4, 0.5) is 5.69 Å². The van der Waals surface area contributed by atoms with Gasteiger partial charge < -0.3 is 5.32 Å². The predicted octanol–water partition coefficient (Wildman–Crippen LogP) is 2.45. The zero-order valence-corrected chi connectivity index (χ0v) is 15.2. The van der Waals surface area contributed by atoms with E-state index in [-0.39, 0.29) is 17.5 Å². The second kappa shape index (κ2) is 7.36. The van der Waals surface area contributed by atoms with Crippen LogP contribution < -0.4 is 5.32 Å². The first-order valence-electron chi connectivity index (χ1n) is 7.16. The lowest BCUT2D eigenvalue weighted by Gasteiger charge is -2.32. The maximum atomic E-state index is 12.4. The molecule has 1 saturated heterocycles. The Morgan fingerprint density at radius 3 is 2.70 bits per heavy atom. The van der Waals surface area contributed by atoms with Gasteiger partial charge in [0.15, 0.2) is 0 Å². The summed E-state index contributed by atoms with van der Waals surface area (Å²) in [7, 11) is -0.561. The number of halogens is 2. The molecule has 1 aliphatic heterocycles. The van der Waals surface area contributed by atoms with Gasteiger partial charge in [-0.3, -0.25) is 4.79 Å². The normalized spacial score (nSPS) is 19.8. The van der Waals surface area contributed by atoms with Crippen molar-refractivity contribution in [3.05, 3.63) is 28.2 Å². The van der Waals surface area contributed by atoms with Crippen LogP contribution >= 0.6 is 23.2 Å². The smallest absolute Gasteiger partial charge is 0.281 e. The number of carbonyl (C=O) groups excluding carboxylic acids is 1. The van der Waals surface area contributed by atoms with Gasteiger partial charge in [0.1, 0.15) is 0 Å². The molecule has 0 unspecified atom stereocenters. The number of amides is 1. The quantitative estimate of drug-likeness (QED) is 0.873. The molecule has 0 spiro atoms. The van der Waals surface area contributed by atoms with Crippen molar-refractivity contribution in [2.75, 3.05) is 32.5 Å². The number of nitrogens with one attached hydrogen (secondary N) is 1. The summed E-state index contributed by atoms with van der Waals surface area (Å²) in [5, 5.41) is 3.36. The van der Waals surface area contributed by atoms with Crippen LogP contribution in [-0.2, 0) is 15.0 Å². The van der Waals surface area contributed by atoms with E-state index in [1.54, 1.807) is 18.2 Å². The molecule has 1 heterocycles. The average Bonchev–Trinajstić information content (AvgIpc) is 2.51. The molecule has 0 saturated carbocycles. The molecular weight excluding hydrogens is 361 g/mol. The number of hydrogen-bond donors (Lipinski definition) is 1. The standard InChI is InChI=1S/C14H19Cl2N3O3S/c1-18(2)23(21,22)19-8-4-5-10(9-19)14(20)17-12-7-3-6-11(15)13(12)16/h3,6-7,10H,4-5,8-9H2,1-2H3,(H,17,20)/t10-/m1/s1. The lowest BCUT2D eigenvalue weighted by Crippen LogP contribution is -2.47. The van der Waals surface area contributed by atoms with Gasteiger partial charge in [-0.05, 0) is 25.0 Å². The van der Waals surface area contributed by atoms with E-state index in [9.17, 15) is 13.2 Å². The number of piperidine rings is 1. The maximum Gasteiger partial charge on any atom is 0.281 e. The summed E-state index contributed by atoms with van der Waals surface area (Å²) < 4.78 is 26.9. The molecule has 0 aromatic heterocycles. The highest BCUT2D eigenvalue weighted by atomic mass is 35.5. The molecule has 1 atom stereocenters. The Bertz CT molecular complexity index is 695. The summed E-state index contributed by atoms with van der Waals surface area (Å²) in [6.07, 6.45) is 1.26. The predicted molar refractivity (Wildman–Crippen MR) is 92.0 cm³/mol. The first-order valence-corrected chi connectivity index (χ1v) is 9.31. The summed E-state index contributed by atoms with van der Waals surface area (Å²) in [6, 6.07) is 4.97. The molecule has 1 aliphatic rings. The molecule has 9 heteroatoms. The zero-order chi connectivity index (χ0) is 17.2. The van der Waals surface area contributed by atoms with E-state index >= 15 is 0 Å². The first-order chi connectivity index (χ1) is 10.7. The summed E-state index contributed by atoms with van der Waals surface area (Å²) in [6.45, 7) is 0.576. The third-order valence-corrected chi connectivity index (χ3v) is 6.48. The molecule has 23 heavy (non-hydrogen) atoms. The fourth-order valence-corrected chi connectivity index (χ4v) is 3.97. The SMILES string of the molecule is CN(C)S(=O)(=O)N1CCC[C@@H](C(=O)Nc2cccc(Cl)c2Cl)C1. The fraction of sp³-hybridized carbons (Fsp3) is 0.500. The van der Waals surface area contributed by atoms with Crippen molar-refractivity contribution >= 4 is 45.0 Å². The van der Waals surface area contributed by atoms with E-state index in [1.807, 2.05) is 0 Å². The lowest BCUT2D eigenvalue weighted by molar-refractivity contribution is -0.120. The summed E-state index contributed by atoms with van der Waals surface area (Å²) in [5.41, 5.74) is 0.428. The molecule has 0 aliphatic carbocycles. The molecule has 128 valence electrons. The van der Waals surface area contributed by atoms with Crippen LogP contribution in [-0.4, -0.2) is 50.1 Å². The van der Waals surface area contributed by atoms with Crippen LogP contribution in [0, 0.1) is 5.92 Å². The number of carbonyl (C=O) groups is 1. The molecule has 0 radical (unpaired) electrons. The van der Waals surface area contributed by atoms with Crippen molar-refractivity contribution in [3.63, 3.8) is 0 Å². The Balaban J connectivity index is 2.09. The zero-order valence-electron chi connectivity index (χ0n) is 12.9. The fourth-order valence-electron chi connectivity index (χ4n) is 2.43. The van der Waals surface area contributed by atoms with Gasteiger partial charge in [-0.1, -0.05) is 29.3 Å². The van der Waals surface area contributed by atoms with E-state index in [2.05, 4.69) is 5.32 Å². The van der Waals surface area contributed by atoms with Crippen molar-refractivity contribution < 1.29 is 13.2 Å². The van der Waals surface area contributed by atoms with Gasteiger partial charge in [0.2, 0.25) is 5.91 Å². The monoisotopic (exact) mass is 379 g/mol. The second-order valence-electron chi connectivity index (χ2n) is 5.58. The molecule has 1 amide bonds. The van der Waals surface area contributed by atoms with E-state index in [0.717, 1.165) is 4.31 Å². The van der Waals surface area contributed by atoms with Gasteiger partial charge in [0.25, 0.3) is 10.2 Å². The van der Waals surface area contributed by atoms with E-state index in [1.165, 1.54) is 18.4 Å². The number of nitrogens with zero attached hydrogens (tertiary/aromatic N) is 2. The van der Waals surface area contributed by atoms with E-state index < -0.39 is 16.1 Å². The summed E-state index contributed by atoms with van der Waals surface area (Å²) in [4.78, 5) is 12.4. The van der Waals surface area contributed by atoms with Gasteiger partial charge in [0, 0.05) is 27.2 Å². The van der Waals surface area contributed by atoms with Gasteiger partial charge in [0.05, 0.1) is 21.7 Å². The Morgan fingerprint density at radius 2 is 2.04 bits per heavy atom. The highest BCUT2D eigenvalue weighted by Crippen LogP contribution is 2.30. The highest BCUT2D eigenvalue weighted by Gasteiger charge is 2.33. The van der Waals surface area contributed by atoms with Gasteiger partial charge in [-0.2, -0.15) is 17.0 Å². The van der Waals surface area contributed by atoms with E-state index in [0.29, 0.717) is 30.1 Å². The van der Waals surface area contributed by atoms with Crippen LogP contribution in [0.25, 0.3) is 0 Å². The molecule has 6 nitrogen and oxygen atoms in total. The van der Waals surface area contributed by atoms with Gasteiger partial charge in [-0.25, -0.2) is 0 Å².